The van der Waals surface area contributed by atoms with Crippen LogP contribution in [0.3, 0.4) is 0 Å². The number of nitrogens with one attached hydrogen (secondary N) is 1. The number of nitro groups is 1. The third-order valence-electron chi connectivity index (χ3n) is 3.26. The molecule has 1 heterocycles. The monoisotopic (exact) mass is 499 g/mol. The van der Waals surface area contributed by atoms with Gasteiger partial charge < -0.3 is 5.32 Å². The van der Waals surface area contributed by atoms with E-state index in [9.17, 15) is 10.1 Å². The van der Waals surface area contributed by atoms with E-state index in [2.05, 4.69) is 58.1 Å². The van der Waals surface area contributed by atoms with E-state index in [1.54, 1.807) is 24.5 Å². The Labute approximate surface area is 156 Å². The van der Waals surface area contributed by atoms with E-state index in [-0.39, 0.29) is 5.69 Å². The van der Waals surface area contributed by atoms with Gasteiger partial charge in [-0.15, -0.1) is 0 Å². The lowest BCUT2D eigenvalue weighted by atomic mass is 10.1. The van der Waals surface area contributed by atoms with Crippen molar-refractivity contribution >= 4 is 75.6 Å². The number of nitro benzene ring substituents is 1. The van der Waals surface area contributed by atoms with Crippen LogP contribution in [-0.2, 0) is 0 Å². The van der Waals surface area contributed by atoms with Gasteiger partial charge in [0.1, 0.15) is 0 Å². The number of aromatic nitrogens is 1. The van der Waals surface area contributed by atoms with Crippen molar-refractivity contribution in [2.75, 3.05) is 5.32 Å². The van der Waals surface area contributed by atoms with E-state index in [4.69, 9.17) is 0 Å². The molecule has 0 aliphatic carbocycles. The fourth-order valence-electron chi connectivity index (χ4n) is 2.24. The van der Waals surface area contributed by atoms with Gasteiger partial charge in [0.2, 0.25) is 0 Å². The number of pyridine rings is 1. The molecular weight excluding hydrogens is 494 g/mol. The van der Waals surface area contributed by atoms with Crippen LogP contribution in [0, 0.1) is 10.1 Å². The van der Waals surface area contributed by atoms with E-state index in [1.807, 2.05) is 12.1 Å². The second-order valence-corrected chi connectivity index (χ2v) is 7.30. The van der Waals surface area contributed by atoms with Crippen LogP contribution in [0.5, 0.6) is 0 Å². The number of non-ortho nitro benzene ring substituents is 1. The molecule has 0 unspecified atom stereocenters. The normalized spacial score (nSPS) is 10.7. The Hall–Kier alpha value is -1.51. The Balaban J connectivity index is 2.16. The lowest BCUT2D eigenvalue weighted by Crippen LogP contribution is -1.97. The summed E-state index contributed by atoms with van der Waals surface area (Å²) < 4.78 is 2.64. The Morgan fingerprint density at radius 2 is 1.74 bits per heavy atom. The van der Waals surface area contributed by atoms with Crippen LogP contribution < -0.4 is 5.32 Å². The molecule has 0 amide bonds. The molecule has 0 radical (unpaired) electrons. The molecule has 0 aliphatic rings. The molecule has 3 aromatic rings. The molecule has 2 aromatic carbocycles. The average molecular weight is 502 g/mol. The number of benzene rings is 2. The fourth-order valence-corrected chi connectivity index (χ4v) is 4.70. The molecule has 0 bridgehead atoms. The van der Waals surface area contributed by atoms with Crippen LogP contribution in [0.1, 0.15) is 0 Å². The van der Waals surface area contributed by atoms with E-state index < -0.39 is 4.92 Å². The molecular formula is C15H8Br3N3O2. The number of nitrogens with zero attached hydrogens (tertiary/aromatic N) is 2. The van der Waals surface area contributed by atoms with E-state index in [1.165, 1.54) is 6.07 Å². The smallest absolute Gasteiger partial charge is 0.277 e. The molecule has 0 aliphatic heterocycles. The second kappa shape index (κ2) is 6.54. The highest BCUT2D eigenvalue weighted by molar-refractivity contribution is 9.11. The van der Waals surface area contributed by atoms with Gasteiger partial charge in [-0.1, -0.05) is 15.9 Å². The van der Waals surface area contributed by atoms with Crippen molar-refractivity contribution in [3.63, 3.8) is 0 Å². The highest BCUT2D eigenvalue weighted by Crippen LogP contribution is 2.39. The van der Waals surface area contributed by atoms with Crippen molar-refractivity contribution in [1.82, 2.24) is 4.98 Å². The van der Waals surface area contributed by atoms with Crippen molar-refractivity contribution < 1.29 is 4.92 Å². The third kappa shape index (κ3) is 3.24. The van der Waals surface area contributed by atoms with Gasteiger partial charge in [0, 0.05) is 43.0 Å². The van der Waals surface area contributed by atoms with Crippen LogP contribution >= 0.6 is 47.8 Å². The first-order chi connectivity index (χ1) is 11.0. The SMILES string of the molecule is O=[N+]([O-])c1ccc(Nc2c(Br)cc(Br)cc2Br)c2cnccc12. The zero-order chi connectivity index (χ0) is 16.6. The molecule has 8 heteroatoms. The Morgan fingerprint density at radius 1 is 1.04 bits per heavy atom. The maximum Gasteiger partial charge on any atom is 0.277 e. The largest absolute Gasteiger partial charge is 0.353 e. The average Bonchev–Trinajstić information content (AvgIpc) is 2.50. The lowest BCUT2D eigenvalue weighted by molar-refractivity contribution is -0.383. The summed E-state index contributed by atoms with van der Waals surface area (Å²) in [6, 6.07) is 8.65. The molecule has 1 N–H and O–H groups in total. The number of rotatable bonds is 3. The van der Waals surface area contributed by atoms with Crippen molar-refractivity contribution in [3.05, 3.63) is 66.3 Å². The molecule has 1 aromatic heterocycles. The Morgan fingerprint density at radius 3 is 2.39 bits per heavy atom. The van der Waals surface area contributed by atoms with Crippen molar-refractivity contribution in [3.8, 4) is 0 Å². The third-order valence-corrected chi connectivity index (χ3v) is 4.97. The van der Waals surface area contributed by atoms with Gasteiger partial charge in [-0.25, -0.2) is 0 Å². The van der Waals surface area contributed by atoms with E-state index >= 15 is 0 Å². The van der Waals surface area contributed by atoms with Crippen molar-refractivity contribution in [2.45, 2.75) is 0 Å². The second-order valence-electron chi connectivity index (χ2n) is 4.68. The minimum atomic E-state index is -0.391. The lowest BCUT2D eigenvalue weighted by Gasteiger charge is -2.13. The minimum Gasteiger partial charge on any atom is -0.353 e. The summed E-state index contributed by atoms with van der Waals surface area (Å²) in [7, 11) is 0. The summed E-state index contributed by atoms with van der Waals surface area (Å²) in [5, 5.41) is 15.7. The summed E-state index contributed by atoms with van der Waals surface area (Å²) in [4.78, 5) is 14.9. The highest BCUT2D eigenvalue weighted by atomic mass is 79.9. The predicted molar refractivity (Wildman–Crippen MR) is 101 cm³/mol. The van der Waals surface area contributed by atoms with Crippen LogP contribution in [0.25, 0.3) is 10.8 Å². The van der Waals surface area contributed by atoms with E-state index in [0.717, 1.165) is 24.8 Å². The van der Waals surface area contributed by atoms with Crippen molar-refractivity contribution in [1.29, 1.82) is 0 Å². The molecule has 3 rings (SSSR count). The predicted octanol–water partition coefficient (Wildman–Crippen LogP) is 6.17. The molecule has 23 heavy (non-hydrogen) atoms. The van der Waals surface area contributed by atoms with Gasteiger partial charge >= 0.3 is 0 Å². The standard InChI is InChI=1S/C15H8Br3N3O2/c16-8-5-11(17)15(12(18)6-8)20-13-1-2-14(21(22)23)9-3-4-19-7-10(9)13/h1-7,20H. The first kappa shape index (κ1) is 16.4. The number of hydrogen-bond donors (Lipinski definition) is 1. The number of hydrogen-bond acceptors (Lipinski definition) is 4. The van der Waals surface area contributed by atoms with Crippen LogP contribution in [0.15, 0.2) is 56.1 Å². The first-order valence-electron chi connectivity index (χ1n) is 6.40. The number of anilines is 2. The molecule has 5 nitrogen and oxygen atoms in total. The molecule has 0 fully saturated rings. The van der Waals surface area contributed by atoms with Gasteiger partial charge in [0.15, 0.2) is 0 Å². The van der Waals surface area contributed by atoms with Gasteiger partial charge in [0.25, 0.3) is 5.69 Å². The maximum atomic E-state index is 11.2. The summed E-state index contributed by atoms with van der Waals surface area (Å²) in [5.41, 5.74) is 1.62. The van der Waals surface area contributed by atoms with Crippen LogP contribution in [0.2, 0.25) is 0 Å². The maximum absolute atomic E-state index is 11.2. The van der Waals surface area contributed by atoms with Gasteiger partial charge in [-0.2, -0.15) is 0 Å². The molecule has 0 spiro atoms. The topological polar surface area (TPSA) is 68.1 Å². The van der Waals surface area contributed by atoms with Crippen LogP contribution in [-0.4, -0.2) is 9.91 Å². The van der Waals surface area contributed by atoms with E-state index in [0.29, 0.717) is 10.8 Å². The zero-order valence-electron chi connectivity index (χ0n) is 11.4. The van der Waals surface area contributed by atoms with Gasteiger partial charge in [-0.3, -0.25) is 15.1 Å². The summed E-state index contributed by atoms with van der Waals surface area (Å²) in [6.07, 6.45) is 3.16. The Bertz CT molecular complexity index is 908. The minimum absolute atomic E-state index is 0.0573. The molecule has 116 valence electrons. The highest BCUT2D eigenvalue weighted by Gasteiger charge is 2.15. The molecule has 0 saturated heterocycles. The first-order valence-corrected chi connectivity index (χ1v) is 8.78. The summed E-state index contributed by atoms with van der Waals surface area (Å²) in [5.74, 6) is 0. The number of halogens is 3. The van der Waals surface area contributed by atoms with Crippen molar-refractivity contribution in [2.24, 2.45) is 0 Å². The summed E-state index contributed by atoms with van der Waals surface area (Å²) >= 11 is 10.4. The zero-order valence-corrected chi connectivity index (χ0v) is 16.1. The summed E-state index contributed by atoms with van der Waals surface area (Å²) in [6.45, 7) is 0. The quantitative estimate of drug-likeness (QED) is 0.344. The molecule has 0 atom stereocenters. The Kier molecular flexibility index (Phi) is 4.65. The van der Waals surface area contributed by atoms with Gasteiger partial charge in [-0.05, 0) is 56.1 Å². The van der Waals surface area contributed by atoms with Gasteiger partial charge in [0.05, 0.1) is 16.0 Å². The molecule has 0 saturated carbocycles. The fraction of sp³-hybridized carbons (Fsp3) is 0. The van der Waals surface area contributed by atoms with Crippen LogP contribution in [0.4, 0.5) is 17.1 Å². The number of fused-ring (bicyclic) bond motifs is 1.